The zero-order valence-electron chi connectivity index (χ0n) is 43.2. The molecular weight excluding hydrogens is 985 g/mol. The van der Waals surface area contributed by atoms with Gasteiger partial charge in [-0.15, -0.1) is 0 Å². The molecular formula is C70H48N8S. The Morgan fingerprint density at radius 1 is 0.316 bits per heavy atom. The number of nitrogens with zero attached hydrogens (tertiary/aromatic N) is 8. The Balaban J connectivity index is 1.02. The first-order valence-electron chi connectivity index (χ1n) is 26.6. The highest BCUT2D eigenvalue weighted by molar-refractivity contribution is 7.00. The summed E-state index contributed by atoms with van der Waals surface area (Å²) in [5, 5.41) is 4.88. The summed E-state index contributed by atoms with van der Waals surface area (Å²) in [7, 11) is 0. The van der Waals surface area contributed by atoms with Gasteiger partial charge in [0.05, 0.1) is 45.2 Å². The molecule has 0 amide bonds. The van der Waals surface area contributed by atoms with Crippen molar-refractivity contribution in [1.29, 1.82) is 0 Å². The first-order chi connectivity index (χ1) is 39.1. The Kier molecular flexibility index (Phi) is 11.0. The maximum atomic E-state index is 5.92. The van der Waals surface area contributed by atoms with Crippen molar-refractivity contribution in [3.63, 3.8) is 0 Å². The second-order valence-corrected chi connectivity index (χ2v) is 20.6. The van der Waals surface area contributed by atoms with Crippen LogP contribution in [-0.2, 0) is 0 Å². The molecule has 11 aromatic carbocycles. The molecule has 0 saturated heterocycles. The van der Waals surface area contributed by atoms with Crippen LogP contribution >= 0.6 is 11.7 Å². The largest absolute Gasteiger partial charge is 0.309 e. The quantitative estimate of drug-likeness (QED) is 0.127. The van der Waals surface area contributed by atoms with E-state index >= 15 is 0 Å². The van der Waals surface area contributed by atoms with E-state index in [9.17, 15) is 0 Å². The van der Waals surface area contributed by atoms with Crippen LogP contribution in [0.4, 0.5) is 34.1 Å². The smallest absolute Gasteiger partial charge is 0.133 e. The fourth-order valence-corrected chi connectivity index (χ4v) is 12.4. The van der Waals surface area contributed by atoms with E-state index < -0.39 is 0 Å². The van der Waals surface area contributed by atoms with E-state index in [2.05, 4.69) is 275 Å². The predicted molar refractivity (Wildman–Crippen MR) is 329 cm³/mol. The van der Waals surface area contributed by atoms with Gasteiger partial charge in [0.15, 0.2) is 0 Å². The van der Waals surface area contributed by atoms with E-state index in [-0.39, 0.29) is 0 Å². The van der Waals surface area contributed by atoms with Crippen molar-refractivity contribution in [3.8, 4) is 33.9 Å². The van der Waals surface area contributed by atoms with E-state index in [0.717, 1.165) is 101 Å². The molecule has 0 unspecified atom stereocenters. The number of aryl methyl sites for hydroxylation is 2. The zero-order chi connectivity index (χ0) is 52.6. The zero-order valence-corrected chi connectivity index (χ0v) is 44.1. The highest BCUT2D eigenvalue weighted by Gasteiger charge is 2.32. The number of anilines is 6. The lowest BCUT2D eigenvalue weighted by Gasteiger charge is -2.31. The predicted octanol–water partition coefficient (Wildman–Crippen LogP) is 18.7. The molecule has 374 valence electrons. The third-order valence-electron chi connectivity index (χ3n) is 15.4. The van der Waals surface area contributed by atoms with Gasteiger partial charge >= 0.3 is 0 Å². The molecule has 0 aliphatic rings. The molecule has 0 aliphatic heterocycles. The number of hydrogen-bond donors (Lipinski definition) is 0. The average Bonchev–Trinajstić information content (AvgIpc) is 4.43. The third-order valence-corrected chi connectivity index (χ3v) is 15.9. The van der Waals surface area contributed by atoms with Crippen LogP contribution < -0.4 is 9.80 Å². The van der Waals surface area contributed by atoms with E-state index in [0.29, 0.717) is 22.1 Å². The van der Waals surface area contributed by atoms with Gasteiger partial charge in [0.1, 0.15) is 33.4 Å². The molecule has 0 fully saturated rings. The molecule has 0 radical (unpaired) electrons. The highest BCUT2D eigenvalue weighted by atomic mass is 32.1. The molecule has 0 aliphatic carbocycles. The number of para-hydroxylation sites is 6. The lowest BCUT2D eigenvalue weighted by Crippen LogP contribution is -2.16. The summed E-state index contributed by atoms with van der Waals surface area (Å²) in [6.07, 6.45) is 0. The molecule has 9 heteroatoms. The molecule has 0 atom stereocenters. The molecule has 0 bridgehead atoms. The molecule has 15 rings (SSSR count). The minimum absolute atomic E-state index is 0.682. The first kappa shape index (κ1) is 46.1. The molecule has 15 aromatic rings. The number of hydrogen-bond acceptors (Lipinski definition) is 7. The molecule has 8 nitrogen and oxygen atoms in total. The van der Waals surface area contributed by atoms with Crippen LogP contribution in [0.3, 0.4) is 0 Å². The van der Waals surface area contributed by atoms with Crippen LogP contribution in [0.2, 0.25) is 0 Å². The van der Waals surface area contributed by atoms with Crippen LogP contribution in [0.1, 0.15) is 11.1 Å². The maximum absolute atomic E-state index is 5.92. The van der Waals surface area contributed by atoms with Gasteiger partial charge in [-0.2, -0.15) is 8.75 Å². The summed E-state index contributed by atoms with van der Waals surface area (Å²) in [5.41, 5.74) is 20.6. The van der Waals surface area contributed by atoms with Gasteiger partial charge in [0.2, 0.25) is 0 Å². The minimum Gasteiger partial charge on any atom is -0.309 e. The second kappa shape index (κ2) is 18.8. The van der Waals surface area contributed by atoms with Gasteiger partial charge < -0.3 is 18.9 Å². The number of fused-ring (bicyclic) bond motifs is 8. The topological polar surface area (TPSA) is 67.9 Å². The number of rotatable bonds is 10. The maximum Gasteiger partial charge on any atom is 0.133 e. The van der Waals surface area contributed by atoms with Gasteiger partial charge in [-0.3, -0.25) is 0 Å². The van der Waals surface area contributed by atoms with Gasteiger partial charge in [-0.25, -0.2) is 9.97 Å². The highest BCUT2D eigenvalue weighted by Crippen LogP contribution is 2.51. The molecule has 4 aromatic heterocycles. The summed E-state index contributed by atoms with van der Waals surface area (Å²) in [4.78, 5) is 16.5. The monoisotopic (exact) mass is 1030 g/mol. The molecule has 0 saturated carbocycles. The Bertz CT molecular complexity index is 4410. The summed E-state index contributed by atoms with van der Waals surface area (Å²) < 4.78 is 15.4. The van der Waals surface area contributed by atoms with Gasteiger partial charge in [0.25, 0.3) is 0 Å². The minimum atomic E-state index is 0.682. The Hall–Kier alpha value is -10.2. The second-order valence-electron chi connectivity index (χ2n) is 20.0. The van der Waals surface area contributed by atoms with E-state index in [4.69, 9.17) is 18.7 Å². The van der Waals surface area contributed by atoms with Crippen molar-refractivity contribution >= 4 is 112 Å². The van der Waals surface area contributed by atoms with Crippen LogP contribution in [0.5, 0.6) is 0 Å². The molecule has 79 heavy (non-hydrogen) atoms. The van der Waals surface area contributed by atoms with Crippen molar-refractivity contribution in [3.05, 3.63) is 266 Å². The summed E-state index contributed by atoms with van der Waals surface area (Å²) >= 11 is 1.21. The van der Waals surface area contributed by atoms with Crippen molar-refractivity contribution in [2.24, 2.45) is 0 Å². The molecule has 0 N–H and O–H groups in total. The van der Waals surface area contributed by atoms with E-state index in [1.165, 1.54) is 33.3 Å². The van der Waals surface area contributed by atoms with Gasteiger partial charge in [0, 0.05) is 66.8 Å². The van der Waals surface area contributed by atoms with Crippen molar-refractivity contribution in [2.45, 2.75) is 13.8 Å². The van der Waals surface area contributed by atoms with Gasteiger partial charge in [-0.1, -0.05) is 170 Å². The van der Waals surface area contributed by atoms with E-state index in [1.54, 1.807) is 0 Å². The van der Waals surface area contributed by atoms with Crippen LogP contribution in [0.15, 0.2) is 255 Å². The summed E-state index contributed by atoms with van der Waals surface area (Å²) in [6, 6.07) is 90.2. The average molecular weight is 1030 g/mol. The molecule has 0 spiro atoms. The molecule has 4 heterocycles. The SMILES string of the molecule is Cc1cc(N(c2ccccc2)c2c3nsnc3c(N(c3ccccc3)c3ccc(-n4c5ccccc5c5ccccc54)c(C)c3)c3nc(-c4ccccc4)c(-c4ccccc4)nc23)ccc1-n1c2ccccc2c2ccccc21. The van der Waals surface area contributed by atoms with Crippen molar-refractivity contribution < 1.29 is 0 Å². The Labute approximate surface area is 460 Å². The Morgan fingerprint density at radius 2 is 0.633 bits per heavy atom. The lowest BCUT2D eigenvalue weighted by molar-refractivity contribution is 1.14. The van der Waals surface area contributed by atoms with Crippen molar-refractivity contribution in [1.82, 2.24) is 27.8 Å². The lowest BCUT2D eigenvalue weighted by atomic mass is 10.0. The standard InChI is InChI=1S/C70H48N8S/c1-45-43-51(39-41-57(45)77-59-35-19-15-31-53(59)54-32-16-20-36-60(54)77)75(49-27-11-5-12-28-49)69-65-66(72-64(48-25-9-4-10-26-48)63(71-65)47-23-7-3-8-24-47)70(68-67(69)73-79-74-68)76(50-29-13-6-14-30-50)52-40-42-58(46(2)44-52)78-61-37-21-17-33-55(61)56-34-18-22-38-62(56)78/h3-44H,1-2H3. The van der Waals surface area contributed by atoms with Crippen LogP contribution in [0.25, 0.3) is 99.6 Å². The summed E-state index contributed by atoms with van der Waals surface area (Å²) in [6.45, 7) is 4.41. The Morgan fingerprint density at radius 3 is 0.975 bits per heavy atom. The fourth-order valence-electron chi connectivity index (χ4n) is 11.9. The number of aromatic nitrogens is 6. The van der Waals surface area contributed by atoms with Crippen LogP contribution in [0, 0.1) is 13.8 Å². The van der Waals surface area contributed by atoms with Gasteiger partial charge in [-0.05, 0) is 110 Å². The van der Waals surface area contributed by atoms with Crippen molar-refractivity contribution in [2.75, 3.05) is 9.80 Å². The van der Waals surface area contributed by atoms with E-state index in [1.807, 2.05) is 12.1 Å². The van der Waals surface area contributed by atoms with Crippen LogP contribution in [-0.4, -0.2) is 27.8 Å². The first-order valence-corrected chi connectivity index (χ1v) is 27.3. The third kappa shape index (κ3) is 7.50. The summed E-state index contributed by atoms with van der Waals surface area (Å²) in [5.74, 6) is 0. The fraction of sp³-hybridized carbons (Fsp3) is 0.0286. The number of benzene rings is 11. The normalized spacial score (nSPS) is 11.7.